The number of sulfonamides is 1. The summed E-state index contributed by atoms with van der Waals surface area (Å²) in [7, 11) is -4.00. The van der Waals surface area contributed by atoms with Crippen LogP contribution in [0.2, 0.25) is 5.02 Å². The summed E-state index contributed by atoms with van der Waals surface area (Å²) in [6.07, 6.45) is 6.42. The maximum Gasteiger partial charge on any atom is 0.264 e. The Bertz CT molecular complexity index is 1930. The number of rotatable bonds is 5. The Morgan fingerprint density at radius 1 is 0.947 bits per heavy atom. The van der Waals surface area contributed by atoms with Gasteiger partial charge in [0.05, 0.1) is 42.9 Å². The van der Waals surface area contributed by atoms with Gasteiger partial charge in [0.15, 0.2) is 0 Å². The highest BCUT2D eigenvalue weighted by atomic mass is 35.5. The first-order valence-electron chi connectivity index (χ1n) is 21.2. The van der Waals surface area contributed by atoms with Crippen molar-refractivity contribution in [3.8, 4) is 5.75 Å². The lowest BCUT2D eigenvalue weighted by Crippen LogP contribution is -2.60. The first-order valence-corrected chi connectivity index (χ1v) is 23.1. The molecule has 12 nitrogen and oxygen atoms in total. The second-order valence-electron chi connectivity index (χ2n) is 17.9. The van der Waals surface area contributed by atoms with E-state index in [2.05, 4.69) is 31.6 Å². The second-order valence-corrected chi connectivity index (χ2v) is 20.4. The Morgan fingerprint density at radius 2 is 1.77 bits per heavy atom. The number of morpholine rings is 1. The Hall–Kier alpha value is -2.94. The minimum absolute atomic E-state index is 0.0104. The molecule has 0 radical (unpaired) electrons. The molecule has 312 valence electrons. The van der Waals surface area contributed by atoms with E-state index in [1.165, 1.54) is 11.1 Å². The minimum atomic E-state index is -4.00. The van der Waals surface area contributed by atoms with Gasteiger partial charge in [-0.1, -0.05) is 31.0 Å². The number of hydrogen-bond donors (Lipinski definition) is 2. The predicted octanol–water partition coefficient (Wildman–Crippen LogP) is 4.31. The van der Waals surface area contributed by atoms with Crippen LogP contribution >= 0.6 is 11.6 Å². The fourth-order valence-corrected chi connectivity index (χ4v) is 12.1. The third-order valence-electron chi connectivity index (χ3n) is 14.3. The second kappa shape index (κ2) is 16.6. The standard InChI is InChI=1S/C43H60ClN5O7S/c1-30-5-3-14-43(52,28-47-16-18-48(40(50)26-47)17-15-46-19-21-55-22-20-46)37-10-7-34(37)25-49-27-42(13-4-6-32-23-35(44)9-11-36(32)42)29-56-39-12-8-33(24-38(39)49)41(51)45-57(53,54)31(30)2/h8-9,11-12,23-24,30-31,34,37,52H,3-7,10,13-22,25-29H2,1-2H3,(H,45,51)/t30-,31+,34-,37+,42-,43-/m0/s1. The van der Waals surface area contributed by atoms with E-state index in [0.717, 1.165) is 75.7 Å². The largest absolute Gasteiger partial charge is 0.490 e. The van der Waals surface area contributed by atoms with Gasteiger partial charge in [0.2, 0.25) is 15.9 Å². The first kappa shape index (κ1) is 40.8. The van der Waals surface area contributed by atoms with Crippen molar-refractivity contribution in [3.63, 3.8) is 0 Å². The molecule has 2 saturated heterocycles. The molecule has 2 aliphatic carbocycles. The molecule has 6 aliphatic rings. The number of carbonyl (C=O) groups excluding carboxylic acids is 2. The van der Waals surface area contributed by atoms with E-state index >= 15 is 0 Å². The van der Waals surface area contributed by atoms with Crippen molar-refractivity contribution in [2.24, 2.45) is 17.8 Å². The summed E-state index contributed by atoms with van der Waals surface area (Å²) in [6, 6.07) is 11.4. The van der Waals surface area contributed by atoms with Crippen molar-refractivity contribution < 1.29 is 32.6 Å². The number of hydrogen-bond acceptors (Lipinski definition) is 10. The van der Waals surface area contributed by atoms with Crippen LogP contribution in [0.4, 0.5) is 5.69 Å². The maximum atomic E-state index is 13.7. The molecule has 0 unspecified atom stereocenters. The number of nitrogens with one attached hydrogen (secondary N) is 1. The van der Waals surface area contributed by atoms with Gasteiger partial charge in [-0.05, 0) is 111 Å². The minimum Gasteiger partial charge on any atom is -0.490 e. The number of amides is 2. The van der Waals surface area contributed by atoms with Crippen molar-refractivity contribution in [2.45, 2.75) is 81.5 Å². The number of aryl methyl sites for hydroxylation is 1. The van der Waals surface area contributed by atoms with Gasteiger partial charge in [0, 0.05) is 74.9 Å². The van der Waals surface area contributed by atoms with Crippen molar-refractivity contribution in [1.82, 2.24) is 19.4 Å². The van der Waals surface area contributed by atoms with Gasteiger partial charge in [-0.25, -0.2) is 13.1 Å². The van der Waals surface area contributed by atoms with Gasteiger partial charge in [0.1, 0.15) is 5.75 Å². The smallest absolute Gasteiger partial charge is 0.264 e. The quantitative estimate of drug-likeness (QED) is 0.450. The molecule has 6 atom stereocenters. The molecule has 14 heteroatoms. The highest BCUT2D eigenvalue weighted by molar-refractivity contribution is 7.90. The Labute approximate surface area is 343 Å². The molecule has 2 aromatic rings. The molecule has 2 N–H and O–H groups in total. The average molecular weight is 827 g/mol. The molecule has 3 fully saturated rings. The van der Waals surface area contributed by atoms with E-state index in [9.17, 15) is 23.1 Å². The Balaban J connectivity index is 1.09. The lowest BCUT2D eigenvalue weighted by atomic mass is 9.62. The highest BCUT2D eigenvalue weighted by Gasteiger charge is 2.50. The summed E-state index contributed by atoms with van der Waals surface area (Å²) in [5.41, 5.74) is 2.11. The van der Waals surface area contributed by atoms with Crippen LogP contribution in [-0.4, -0.2) is 136 Å². The Morgan fingerprint density at radius 3 is 2.54 bits per heavy atom. The molecule has 1 spiro atoms. The molecule has 1 saturated carbocycles. The van der Waals surface area contributed by atoms with Gasteiger partial charge in [0.25, 0.3) is 5.91 Å². The normalized spacial score (nSPS) is 32.7. The number of β-amino-alcohol motifs (C(OH)–C–C–N with tert-alkyl or cyclic N) is 1. The van der Waals surface area contributed by atoms with Crippen molar-refractivity contribution in [3.05, 3.63) is 58.1 Å². The van der Waals surface area contributed by atoms with Gasteiger partial charge < -0.3 is 24.4 Å². The zero-order valence-corrected chi connectivity index (χ0v) is 35.2. The van der Waals surface area contributed by atoms with E-state index in [-0.39, 0.29) is 41.2 Å². The number of benzene rings is 2. The summed E-state index contributed by atoms with van der Waals surface area (Å²) in [5.74, 6) is 0.0191. The zero-order chi connectivity index (χ0) is 40.0. The number of piperazine rings is 1. The predicted molar refractivity (Wildman–Crippen MR) is 221 cm³/mol. The molecule has 2 amide bonds. The third kappa shape index (κ3) is 8.57. The monoisotopic (exact) mass is 825 g/mol. The van der Waals surface area contributed by atoms with Crippen LogP contribution in [0.25, 0.3) is 0 Å². The number of anilines is 1. The van der Waals surface area contributed by atoms with Crippen LogP contribution < -0.4 is 14.4 Å². The maximum absolute atomic E-state index is 13.7. The molecule has 4 aliphatic heterocycles. The fraction of sp³-hybridized carbons (Fsp3) is 0.674. The zero-order valence-electron chi connectivity index (χ0n) is 33.6. The number of aliphatic hydroxyl groups is 1. The van der Waals surface area contributed by atoms with Gasteiger partial charge in [-0.2, -0.15) is 0 Å². The summed E-state index contributed by atoms with van der Waals surface area (Å²) in [6.45, 7) is 12.1. The molecular weight excluding hydrogens is 766 g/mol. The molecule has 57 heavy (non-hydrogen) atoms. The molecule has 8 rings (SSSR count). The van der Waals surface area contributed by atoms with E-state index in [0.29, 0.717) is 70.9 Å². The number of carbonyl (C=O) groups is 2. The van der Waals surface area contributed by atoms with E-state index in [4.69, 9.17) is 21.1 Å². The molecule has 4 heterocycles. The summed E-state index contributed by atoms with van der Waals surface area (Å²) in [4.78, 5) is 36.0. The van der Waals surface area contributed by atoms with E-state index in [1.807, 2.05) is 17.9 Å². The third-order valence-corrected chi connectivity index (χ3v) is 16.5. The van der Waals surface area contributed by atoms with Crippen molar-refractivity contribution in [2.75, 3.05) is 90.2 Å². The number of nitrogens with zero attached hydrogens (tertiary/aromatic N) is 4. The lowest BCUT2D eigenvalue weighted by molar-refractivity contribution is -0.142. The van der Waals surface area contributed by atoms with Crippen molar-refractivity contribution >= 4 is 39.1 Å². The van der Waals surface area contributed by atoms with Gasteiger partial charge >= 0.3 is 0 Å². The van der Waals surface area contributed by atoms with Crippen LogP contribution in [-0.2, 0) is 31.4 Å². The van der Waals surface area contributed by atoms with E-state index < -0.39 is 26.8 Å². The SMILES string of the molecule is C[C@@H]1[C@@H](C)CCC[C@](O)(CN2CCN(CCN3CCOCC3)C(=O)C2)[C@@H]2CC[C@H]2CN2C[C@@]3(CCCc4cc(Cl)ccc43)COc3ccc(cc32)C(=O)NS1(=O)=O. The molecule has 0 aromatic heterocycles. The number of fused-ring (bicyclic) bond motifs is 4. The number of ether oxygens (including phenoxy) is 2. The van der Waals surface area contributed by atoms with Crippen LogP contribution in [0.1, 0.15) is 80.3 Å². The topological polar surface area (TPSA) is 132 Å². The van der Waals surface area contributed by atoms with Crippen LogP contribution in [0.15, 0.2) is 36.4 Å². The summed E-state index contributed by atoms with van der Waals surface area (Å²) in [5, 5.41) is 12.8. The van der Waals surface area contributed by atoms with Crippen LogP contribution in [0.5, 0.6) is 5.75 Å². The molecule has 2 bridgehead atoms. The molecule has 2 aromatic carbocycles. The highest BCUT2D eigenvalue weighted by Crippen LogP contribution is 2.49. The van der Waals surface area contributed by atoms with Gasteiger partial charge in [-0.3, -0.25) is 19.4 Å². The summed E-state index contributed by atoms with van der Waals surface area (Å²) >= 11 is 6.49. The lowest BCUT2D eigenvalue weighted by Gasteiger charge is -2.52. The molecular formula is C43H60ClN5O7S. The van der Waals surface area contributed by atoms with Gasteiger partial charge in [-0.15, -0.1) is 0 Å². The fourth-order valence-electron chi connectivity index (χ4n) is 10.6. The Kier molecular flexibility index (Phi) is 11.9. The summed E-state index contributed by atoms with van der Waals surface area (Å²) < 4.78 is 41.8. The van der Waals surface area contributed by atoms with Crippen LogP contribution in [0, 0.1) is 17.8 Å². The van der Waals surface area contributed by atoms with Crippen molar-refractivity contribution in [1.29, 1.82) is 0 Å². The first-order chi connectivity index (χ1) is 27.3. The average Bonchev–Trinajstić information content (AvgIpc) is 3.32. The number of halogens is 1. The van der Waals surface area contributed by atoms with E-state index in [1.54, 1.807) is 25.1 Å². The van der Waals surface area contributed by atoms with Crippen LogP contribution in [0.3, 0.4) is 0 Å².